The van der Waals surface area contributed by atoms with Gasteiger partial charge < -0.3 is 10.1 Å². The molecule has 116 valence electrons. The zero-order valence-electron chi connectivity index (χ0n) is 12.1. The van der Waals surface area contributed by atoms with Crippen molar-refractivity contribution in [2.24, 2.45) is 0 Å². The molecule has 2 aliphatic rings. The maximum Gasteiger partial charge on any atom is 0.293 e. The van der Waals surface area contributed by atoms with Crippen LogP contribution >= 0.6 is 11.8 Å². The number of nitrogens with zero attached hydrogens (tertiary/aromatic N) is 2. The van der Waals surface area contributed by atoms with Gasteiger partial charge in [0.1, 0.15) is 5.69 Å². The lowest BCUT2D eigenvalue weighted by atomic mass is 9.89. The van der Waals surface area contributed by atoms with E-state index in [0.717, 1.165) is 30.8 Å². The molecule has 1 N–H and O–H groups in total. The molecular formula is C15H17N3O3S. The lowest BCUT2D eigenvalue weighted by molar-refractivity contribution is -0.384. The summed E-state index contributed by atoms with van der Waals surface area (Å²) in [4.78, 5) is 10.8. The molecule has 1 aromatic rings. The highest BCUT2D eigenvalue weighted by molar-refractivity contribution is 7.99. The highest BCUT2D eigenvalue weighted by atomic mass is 32.2. The van der Waals surface area contributed by atoms with Crippen LogP contribution in [0.5, 0.6) is 0 Å². The number of nitrogens with one attached hydrogen (secondary N) is 1. The Bertz CT molecular complexity index is 623. The Balaban J connectivity index is 1.78. The summed E-state index contributed by atoms with van der Waals surface area (Å²) in [6, 6.07) is 6.66. The molecule has 7 heteroatoms. The van der Waals surface area contributed by atoms with Gasteiger partial charge in [-0.1, -0.05) is 0 Å². The van der Waals surface area contributed by atoms with Gasteiger partial charge in [0.05, 0.1) is 22.2 Å². The van der Waals surface area contributed by atoms with E-state index in [4.69, 9.17) is 10.00 Å². The minimum Gasteiger partial charge on any atom is -0.377 e. The van der Waals surface area contributed by atoms with Crippen molar-refractivity contribution < 1.29 is 9.66 Å². The Labute approximate surface area is 133 Å². The van der Waals surface area contributed by atoms with E-state index in [-0.39, 0.29) is 17.3 Å². The van der Waals surface area contributed by atoms with Gasteiger partial charge in [-0.05, 0) is 37.1 Å². The first-order valence-corrected chi connectivity index (χ1v) is 8.44. The third-order valence-corrected chi connectivity index (χ3v) is 5.47. The molecule has 0 aliphatic carbocycles. The Morgan fingerprint density at radius 2 is 2.41 bits per heavy atom. The van der Waals surface area contributed by atoms with E-state index in [0.29, 0.717) is 17.9 Å². The molecule has 1 spiro atoms. The van der Waals surface area contributed by atoms with Crippen molar-refractivity contribution in [3.63, 3.8) is 0 Å². The van der Waals surface area contributed by atoms with Gasteiger partial charge in [-0.25, -0.2) is 0 Å². The van der Waals surface area contributed by atoms with Crippen LogP contribution in [0.25, 0.3) is 0 Å². The molecule has 0 bridgehead atoms. The number of nitro groups is 1. The van der Waals surface area contributed by atoms with Crippen LogP contribution in [0.2, 0.25) is 0 Å². The Hall–Kier alpha value is -1.78. The summed E-state index contributed by atoms with van der Waals surface area (Å²) in [7, 11) is 0. The predicted molar refractivity (Wildman–Crippen MR) is 85.1 cm³/mol. The van der Waals surface area contributed by atoms with Crippen LogP contribution in [-0.2, 0) is 4.74 Å². The summed E-state index contributed by atoms with van der Waals surface area (Å²) in [6.07, 6.45) is 2.76. The molecule has 0 amide bonds. The lowest BCUT2D eigenvalue weighted by Crippen LogP contribution is -2.44. The third kappa shape index (κ3) is 3.03. The van der Waals surface area contributed by atoms with Crippen molar-refractivity contribution in [1.82, 2.24) is 0 Å². The molecule has 0 saturated carbocycles. The first kappa shape index (κ1) is 15.1. The first-order valence-electron chi connectivity index (χ1n) is 7.29. The topological polar surface area (TPSA) is 88.2 Å². The van der Waals surface area contributed by atoms with Gasteiger partial charge in [0.2, 0.25) is 0 Å². The van der Waals surface area contributed by atoms with E-state index >= 15 is 0 Å². The van der Waals surface area contributed by atoms with E-state index in [1.54, 1.807) is 12.1 Å². The second kappa shape index (κ2) is 6.15. The fourth-order valence-electron chi connectivity index (χ4n) is 3.11. The number of hydrogen-bond donors (Lipinski definition) is 1. The highest BCUT2D eigenvalue weighted by Gasteiger charge is 2.40. The van der Waals surface area contributed by atoms with E-state index in [1.807, 2.05) is 17.8 Å². The predicted octanol–water partition coefficient (Wildman–Crippen LogP) is 2.93. The summed E-state index contributed by atoms with van der Waals surface area (Å²) in [5.74, 6) is 2.12. The number of nitro benzene ring substituents is 1. The van der Waals surface area contributed by atoms with E-state index in [9.17, 15) is 10.1 Å². The zero-order chi connectivity index (χ0) is 15.6. The minimum absolute atomic E-state index is 0.0413. The number of benzene rings is 1. The average Bonchev–Trinajstić information content (AvgIpc) is 2.95. The molecule has 0 aromatic heterocycles. The number of thioether (sulfide) groups is 1. The normalized spacial score (nSPS) is 27.5. The van der Waals surface area contributed by atoms with Crippen LogP contribution in [0.1, 0.15) is 24.8 Å². The van der Waals surface area contributed by atoms with Crippen molar-refractivity contribution in [3.8, 4) is 6.07 Å². The van der Waals surface area contributed by atoms with Crippen LogP contribution in [0.3, 0.4) is 0 Å². The van der Waals surface area contributed by atoms with Crippen molar-refractivity contribution in [2.75, 3.05) is 23.4 Å². The van der Waals surface area contributed by atoms with Crippen molar-refractivity contribution in [3.05, 3.63) is 33.9 Å². The van der Waals surface area contributed by atoms with Crippen molar-refractivity contribution in [1.29, 1.82) is 5.26 Å². The van der Waals surface area contributed by atoms with Gasteiger partial charge in [-0.2, -0.15) is 17.0 Å². The monoisotopic (exact) mass is 319 g/mol. The standard InChI is InChI=1S/C15H17N3O3S/c16-9-11-1-2-13(14(7-11)18(19)20)17-12-3-5-21-15(8-12)4-6-22-10-15/h1-2,7,12,17H,3-6,8,10H2. The number of rotatable bonds is 3. The SMILES string of the molecule is N#Cc1ccc(NC2CCOC3(CCSC3)C2)c([N+](=O)[O-])c1. The first-order chi connectivity index (χ1) is 10.6. The number of ether oxygens (including phenoxy) is 1. The van der Waals surface area contributed by atoms with Crippen LogP contribution < -0.4 is 5.32 Å². The van der Waals surface area contributed by atoms with Crippen LogP contribution in [0.4, 0.5) is 11.4 Å². The lowest BCUT2D eigenvalue weighted by Gasteiger charge is -2.38. The largest absolute Gasteiger partial charge is 0.377 e. The number of hydrogen-bond acceptors (Lipinski definition) is 6. The highest BCUT2D eigenvalue weighted by Crippen LogP contribution is 2.39. The molecule has 0 radical (unpaired) electrons. The third-order valence-electron chi connectivity index (χ3n) is 4.24. The summed E-state index contributed by atoms with van der Waals surface area (Å²) >= 11 is 1.90. The van der Waals surface area contributed by atoms with Gasteiger partial charge in [0.15, 0.2) is 0 Å². The van der Waals surface area contributed by atoms with Crippen LogP contribution in [0, 0.1) is 21.4 Å². The van der Waals surface area contributed by atoms with Crippen LogP contribution in [0.15, 0.2) is 18.2 Å². The van der Waals surface area contributed by atoms with Gasteiger partial charge in [-0.3, -0.25) is 10.1 Å². The second-order valence-corrected chi connectivity index (χ2v) is 6.87. The van der Waals surface area contributed by atoms with Crippen molar-refractivity contribution >= 4 is 23.1 Å². The summed E-state index contributed by atoms with van der Waals surface area (Å²) in [6.45, 7) is 0.683. The molecule has 2 fully saturated rings. The molecule has 2 heterocycles. The fourth-order valence-corrected chi connectivity index (χ4v) is 4.49. The molecule has 2 aliphatic heterocycles. The van der Waals surface area contributed by atoms with Gasteiger partial charge in [0, 0.05) is 24.5 Å². The summed E-state index contributed by atoms with van der Waals surface area (Å²) in [5, 5.41) is 23.4. The Morgan fingerprint density at radius 3 is 3.09 bits per heavy atom. The minimum atomic E-state index is -0.441. The van der Waals surface area contributed by atoms with E-state index < -0.39 is 4.92 Å². The molecule has 2 unspecified atom stereocenters. The molecule has 2 saturated heterocycles. The molecule has 1 aromatic carbocycles. The maximum atomic E-state index is 11.2. The zero-order valence-corrected chi connectivity index (χ0v) is 12.9. The second-order valence-electron chi connectivity index (χ2n) is 5.77. The maximum absolute atomic E-state index is 11.2. The molecule has 22 heavy (non-hydrogen) atoms. The Kier molecular flexibility index (Phi) is 4.23. The summed E-state index contributed by atoms with van der Waals surface area (Å²) in [5.41, 5.74) is 0.673. The van der Waals surface area contributed by atoms with E-state index in [1.165, 1.54) is 6.07 Å². The quantitative estimate of drug-likeness (QED) is 0.680. The van der Waals surface area contributed by atoms with Gasteiger partial charge in [0.25, 0.3) is 5.69 Å². The average molecular weight is 319 g/mol. The fraction of sp³-hybridized carbons (Fsp3) is 0.533. The number of anilines is 1. The van der Waals surface area contributed by atoms with Crippen LogP contribution in [-0.4, -0.2) is 34.7 Å². The smallest absolute Gasteiger partial charge is 0.293 e. The van der Waals surface area contributed by atoms with Crippen molar-refractivity contribution in [2.45, 2.75) is 30.9 Å². The molecule has 3 rings (SSSR count). The molecule has 2 atom stereocenters. The molecular weight excluding hydrogens is 302 g/mol. The van der Waals surface area contributed by atoms with Gasteiger partial charge >= 0.3 is 0 Å². The van der Waals surface area contributed by atoms with E-state index in [2.05, 4.69) is 5.32 Å². The Morgan fingerprint density at radius 1 is 1.55 bits per heavy atom. The number of nitriles is 1. The molecule has 6 nitrogen and oxygen atoms in total. The van der Waals surface area contributed by atoms with Gasteiger partial charge in [-0.15, -0.1) is 0 Å². The summed E-state index contributed by atoms with van der Waals surface area (Å²) < 4.78 is 5.97.